The van der Waals surface area contributed by atoms with Crippen LogP contribution in [0.15, 0.2) is 23.2 Å². The molecule has 116 valence electrons. The highest BCUT2D eigenvalue weighted by atomic mass is 16.2. The molecule has 0 atom stereocenters. The smallest absolute Gasteiger partial charge is 0.328 e. The van der Waals surface area contributed by atoms with Gasteiger partial charge in [0.1, 0.15) is 0 Å². The molecule has 1 aromatic rings. The molecule has 0 aliphatic carbocycles. The van der Waals surface area contributed by atoms with E-state index >= 15 is 0 Å². The van der Waals surface area contributed by atoms with Gasteiger partial charge in [0.2, 0.25) is 0 Å². The van der Waals surface area contributed by atoms with E-state index in [9.17, 15) is 4.79 Å². The van der Waals surface area contributed by atoms with Crippen molar-refractivity contribution >= 4 is 17.7 Å². The van der Waals surface area contributed by atoms with Gasteiger partial charge in [0, 0.05) is 13.6 Å². The van der Waals surface area contributed by atoms with Gasteiger partial charge in [-0.1, -0.05) is 39.0 Å². The lowest BCUT2D eigenvalue weighted by Crippen LogP contribution is -2.45. The van der Waals surface area contributed by atoms with E-state index in [0.29, 0.717) is 6.54 Å². The van der Waals surface area contributed by atoms with Crippen molar-refractivity contribution in [1.29, 1.82) is 0 Å². The van der Waals surface area contributed by atoms with Crippen LogP contribution < -0.4 is 16.0 Å². The fourth-order valence-electron chi connectivity index (χ4n) is 2.21. The molecular weight excluding hydrogens is 264 g/mol. The highest BCUT2D eigenvalue weighted by molar-refractivity contribution is 6.03. The average Bonchev–Trinajstić information content (AvgIpc) is 2.51. The Morgan fingerprint density at radius 1 is 1.24 bits per heavy atom. The number of nitrogens with one attached hydrogen (secondary N) is 1. The summed E-state index contributed by atoms with van der Waals surface area (Å²) < 4.78 is 0. The molecule has 1 aromatic carbocycles. The lowest BCUT2D eigenvalue weighted by molar-refractivity contribution is 0.251. The Morgan fingerprint density at radius 3 is 2.29 bits per heavy atom. The summed E-state index contributed by atoms with van der Waals surface area (Å²) in [5.74, 6) is 0.167. The summed E-state index contributed by atoms with van der Waals surface area (Å²) in [6, 6.07) is 5.87. The van der Waals surface area contributed by atoms with E-state index < -0.39 is 0 Å². The van der Waals surface area contributed by atoms with E-state index in [0.717, 1.165) is 36.1 Å². The predicted octanol–water partition coefficient (Wildman–Crippen LogP) is 2.68. The van der Waals surface area contributed by atoms with Crippen LogP contribution in [0, 0.1) is 0 Å². The number of rotatable bonds is 5. The lowest BCUT2D eigenvalue weighted by atomic mass is 10.0. The minimum Gasteiger partial charge on any atom is -0.370 e. The maximum Gasteiger partial charge on any atom is 0.328 e. The molecule has 3 N–H and O–H groups in total. The van der Waals surface area contributed by atoms with Crippen LogP contribution in [0.1, 0.15) is 38.3 Å². The molecule has 5 nitrogen and oxygen atoms in total. The largest absolute Gasteiger partial charge is 0.370 e. The van der Waals surface area contributed by atoms with Gasteiger partial charge >= 0.3 is 6.03 Å². The molecule has 5 heteroatoms. The zero-order valence-corrected chi connectivity index (χ0v) is 13.4. The SMILES string of the molecule is CCCN=C(N)NC(=O)N(C)c1c(CC)cccc1CC. The Kier molecular flexibility index (Phi) is 6.72. The number of amides is 2. The average molecular weight is 290 g/mol. The highest BCUT2D eigenvalue weighted by Gasteiger charge is 2.17. The van der Waals surface area contributed by atoms with Gasteiger partial charge in [-0.2, -0.15) is 0 Å². The summed E-state index contributed by atoms with van der Waals surface area (Å²) >= 11 is 0. The number of nitrogens with two attached hydrogens (primary N) is 1. The van der Waals surface area contributed by atoms with Crippen molar-refractivity contribution in [2.75, 3.05) is 18.5 Å². The molecule has 0 fully saturated rings. The second kappa shape index (κ2) is 8.29. The number of para-hydroxylation sites is 1. The number of benzene rings is 1. The Hall–Kier alpha value is -2.04. The van der Waals surface area contributed by atoms with E-state index in [2.05, 4.69) is 24.2 Å². The van der Waals surface area contributed by atoms with E-state index in [1.54, 1.807) is 11.9 Å². The Bertz CT molecular complexity index is 489. The van der Waals surface area contributed by atoms with Gasteiger partial charge in [-0.25, -0.2) is 4.79 Å². The summed E-state index contributed by atoms with van der Waals surface area (Å²) in [4.78, 5) is 18.0. The Morgan fingerprint density at radius 2 is 1.81 bits per heavy atom. The first-order valence-electron chi connectivity index (χ1n) is 7.50. The number of guanidine groups is 1. The van der Waals surface area contributed by atoms with Crippen LogP contribution in [0.25, 0.3) is 0 Å². The zero-order valence-electron chi connectivity index (χ0n) is 13.4. The van der Waals surface area contributed by atoms with Crippen molar-refractivity contribution in [3.05, 3.63) is 29.3 Å². The first-order valence-corrected chi connectivity index (χ1v) is 7.50. The zero-order chi connectivity index (χ0) is 15.8. The number of carbonyl (C=O) groups excluding carboxylic acids is 1. The number of nitrogens with zero attached hydrogens (tertiary/aromatic N) is 2. The fourth-order valence-corrected chi connectivity index (χ4v) is 2.21. The number of hydrogen-bond donors (Lipinski definition) is 2. The second-order valence-electron chi connectivity index (χ2n) is 4.89. The molecular formula is C16H26N4O. The molecule has 0 aromatic heterocycles. The molecule has 0 unspecified atom stereocenters. The second-order valence-corrected chi connectivity index (χ2v) is 4.89. The van der Waals surface area contributed by atoms with Crippen LogP contribution in [0.5, 0.6) is 0 Å². The highest BCUT2D eigenvalue weighted by Crippen LogP contribution is 2.26. The van der Waals surface area contributed by atoms with Gasteiger partial charge in [-0.05, 0) is 30.4 Å². The first-order chi connectivity index (χ1) is 10.0. The number of carbonyl (C=O) groups is 1. The Balaban J connectivity index is 2.97. The van der Waals surface area contributed by atoms with Crippen LogP contribution in [0.3, 0.4) is 0 Å². The summed E-state index contributed by atoms with van der Waals surface area (Å²) in [6.45, 7) is 6.79. The molecule has 0 radical (unpaired) electrons. The molecule has 0 aliphatic heterocycles. The molecule has 0 saturated carbocycles. The van der Waals surface area contributed by atoms with Crippen LogP contribution >= 0.6 is 0 Å². The van der Waals surface area contributed by atoms with E-state index in [1.165, 1.54) is 0 Å². The van der Waals surface area contributed by atoms with Crippen molar-refractivity contribution in [2.45, 2.75) is 40.0 Å². The van der Waals surface area contributed by atoms with Crippen LogP contribution in [-0.4, -0.2) is 25.6 Å². The summed E-state index contributed by atoms with van der Waals surface area (Å²) in [5, 5.41) is 2.63. The Labute approximate surface area is 127 Å². The topological polar surface area (TPSA) is 70.7 Å². The fraction of sp³-hybridized carbons (Fsp3) is 0.500. The maximum absolute atomic E-state index is 12.3. The van der Waals surface area contributed by atoms with Crippen LogP contribution in [0.2, 0.25) is 0 Å². The molecule has 1 rings (SSSR count). The van der Waals surface area contributed by atoms with Gasteiger partial charge in [0.25, 0.3) is 0 Å². The molecule has 0 bridgehead atoms. The van der Waals surface area contributed by atoms with Gasteiger partial charge in [0.15, 0.2) is 5.96 Å². The van der Waals surface area contributed by atoms with Gasteiger partial charge in [-0.3, -0.25) is 15.2 Å². The number of aliphatic imine (C=N–C) groups is 1. The van der Waals surface area contributed by atoms with Crippen molar-refractivity contribution in [3.63, 3.8) is 0 Å². The van der Waals surface area contributed by atoms with E-state index in [1.807, 2.05) is 25.1 Å². The third-order valence-electron chi connectivity index (χ3n) is 3.35. The van der Waals surface area contributed by atoms with Gasteiger partial charge in [0.05, 0.1) is 5.69 Å². The van der Waals surface area contributed by atoms with Crippen molar-refractivity contribution in [3.8, 4) is 0 Å². The quantitative estimate of drug-likeness (QED) is 0.646. The van der Waals surface area contributed by atoms with Crippen molar-refractivity contribution < 1.29 is 4.79 Å². The molecule has 0 spiro atoms. The maximum atomic E-state index is 12.3. The summed E-state index contributed by atoms with van der Waals surface area (Å²) in [5.41, 5.74) is 8.97. The van der Waals surface area contributed by atoms with Crippen LogP contribution in [-0.2, 0) is 12.8 Å². The molecule has 21 heavy (non-hydrogen) atoms. The predicted molar refractivity (Wildman–Crippen MR) is 88.9 cm³/mol. The molecule has 0 heterocycles. The first kappa shape index (κ1) is 17.0. The van der Waals surface area contributed by atoms with Crippen LogP contribution in [0.4, 0.5) is 10.5 Å². The normalized spacial score (nSPS) is 11.3. The molecule has 2 amide bonds. The van der Waals surface area contributed by atoms with E-state index in [4.69, 9.17) is 5.73 Å². The number of aryl methyl sites for hydroxylation is 2. The lowest BCUT2D eigenvalue weighted by Gasteiger charge is -2.23. The van der Waals surface area contributed by atoms with E-state index in [-0.39, 0.29) is 12.0 Å². The summed E-state index contributed by atoms with van der Waals surface area (Å²) in [6.07, 6.45) is 2.64. The van der Waals surface area contributed by atoms with Crippen molar-refractivity contribution in [2.24, 2.45) is 10.7 Å². The van der Waals surface area contributed by atoms with Gasteiger partial charge in [-0.15, -0.1) is 0 Å². The van der Waals surface area contributed by atoms with Crippen molar-refractivity contribution in [1.82, 2.24) is 5.32 Å². The minimum absolute atomic E-state index is 0.167. The molecule has 0 aliphatic rings. The number of anilines is 1. The molecule has 0 saturated heterocycles. The number of hydrogen-bond acceptors (Lipinski definition) is 2. The number of urea groups is 1. The summed E-state index contributed by atoms with van der Waals surface area (Å²) in [7, 11) is 1.76. The third kappa shape index (κ3) is 4.48. The standard InChI is InChI=1S/C16H26N4O/c1-5-11-18-15(17)19-16(21)20(4)14-12(6-2)9-8-10-13(14)7-3/h8-10H,5-7,11H2,1-4H3,(H3,17,18,19,21). The monoisotopic (exact) mass is 290 g/mol. The minimum atomic E-state index is -0.261. The van der Waals surface area contributed by atoms with Gasteiger partial charge < -0.3 is 5.73 Å². The third-order valence-corrected chi connectivity index (χ3v) is 3.35.